The molecule has 4 rings (SSSR count). The summed E-state index contributed by atoms with van der Waals surface area (Å²) < 4.78 is 49.3. The second-order valence-electron chi connectivity index (χ2n) is 9.33. The van der Waals surface area contributed by atoms with Gasteiger partial charge in [-0.2, -0.15) is 5.26 Å². The lowest BCUT2D eigenvalue weighted by atomic mass is 9.97. The number of aryl methyl sites for hydroxylation is 4. The zero-order valence-electron chi connectivity index (χ0n) is 21.0. The minimum Gasteiger partial charge on any atom is -0.493 e. The average Bonchev–Trinajstić information content (AvgIpc) is 2.90. The van der Waals surface area contributed by atoms with E-state index >= 15 is 4.39 Å². The Balaban J connectivity index is 1.38. The van der Waals surface area contributed by atoms with Crippen molar-refractivity contribution in [1.82, 2.24) is 0 Å². The van der Waals surface area contributed by atoms with E-state index in [1.807, 2.05) is 24.3 Å². The van der Waals surface area contributed by atoms with Crippen LogP contribution in [0.4, 0.5) is 13.2 Å². The highest BCUT2D eigenvalue weighted by Gasteiger charge is 2.11. The van der Waals surface area contributed by atoms with Gasteiger partial charge in [0.15, 0.2) is 0 Å². The number of fused-ring (bicyclic) bond motifs is 1. The third kappa shape index (κ3) is 6.71. The Hall–Kier alpha value is -3.78. The first-order valence-corrected chi connectivity index (χ1v) is 12.8. The maximum atomic E-state index is 15.2. The predicted molar refractivity (Wildman–Crippen MR) is 141 cm³/mol. The molecule has 4 aromatic carbocycles. The highest BCUT2D eigenvalue weighted by molar-refractivity contribution is 5.84. The smallest absolute Gasteiger partial charge is 0.141 e. The monoisotopic (exact) mass is 501 g/mol. The molecular formula is C32H30F3NO. The third-order valence-electron chi connectivity index (χ3n) is 6.66. The van der Waals surface area contributed by atoms with E-state index < -0.39 is 5.82 Å². The molecule has 0 saturated carbocycles. The molecule has 0 N–H and O–H groups in total. The Morgan fingerprint density at radius 1 is 0.730 bits per heavy atom. The molecule has 0 amide bonds. The van der Waals surface area contributed by atoms with E-state index in [2.05, 4.69) is 6.92 Å². The molecule has 2 nitrogen and oxygen atoms in total. The van der Waals surface area contributed by atoms with Crippen molar-refractivity contribution < 1.29 is 17.9 Å². The number of hydrogen-bond donors (Lipinski definition) is 0. The number of rotatable bonds is 11. The fraction of sp³-hybridized carbons (Fsp3) is 0.281. The number of halogens is 3. The van der Waals surface area contributed by atoms with E-state index in [0.29, 0.717) is 54.6 Å². The van der Waals surface area contributed by atoms with E-state index in [9.17, 15) is 8.78 Å². The number of nitriles is 1. The summed E-state index contributed by atoms with van der Waals surface area (Å²) in [4.78, 5) is 0. The molecule has 0 fully saturated rings. The summed E-state index contributed by atoms with van der Waals surface area (Å²) in [5.41, 5.74) is 2.91. The molecule has 0 aliphatic heterocycles. The van der Waals surface area contributed by atoms with Crippen LogP contribution in [-0.2, 0) is 25.7 Å². The molecule has 0 aliphatic carbocycles. The average molecular weight is 502 g/mol. The maximum absolute atomic E-state index is 15.2. The third-order valence-corrected chi connectivity index (χ3v) is 6.66. The standard InChI is InChI=1S/C32H30F3NO/c1-2-3-4-17-37-28-15-14-24(31(34)20-28)9-5-22-8-16-29-26(18-22)13-12-25(32(29)35)10-6-23-7-11-27(21-36)30(33)19-23/h7-8,11-16,18-20H,2-6,9-10,17H2,1H3. The van der Waals surface area contributed by atoms with E-state index in [-0.39, 0.29) is 17.2 Å². The first-order chi connectivity index (χ1) is 18.0. The largest absolute Gasteiger partial charge is 0.493 e. The fourth-order valence-corrected chi connectivity index (χ4v) is 4.46. The highest BCUT2D eigenvalue weighted by Crippen LogP contribution is 2.25. The number of benzene rings is 4. The molecule has 0 saturated heterocycles. The maximum Gasteiger partial charge on any atom is 0.141 e. The zero-order chi connectivity index (χ0) is 26.2. The van der Waals surface area contributed by atoms with Gasteiger partial charge in [0.05, 0.1) is 12.2 Å². The van der Waals surface area contributed by atoms with Crippen molar-refractivity contribution in [3.63, 3.8) is 0 Å². The van der Waals surface area contributed by atoms with E-state index in [1.165, 1.54) is 18.2 Å². The summed E-state index contributed by atoms with van der Waals surface area (Å²) >= 11 is 0. The Bertz CT molecular complexity index is 1420. The molecule has 0 radical (unpaired) electrons. The van der Waals surface area contributed by atoms with Crippen molar-refractivity contribution in [3.05, 3.63) is 112 Å². The van der Waals surface area contributed by atoms with Gasteiger partial charge in [-0.1, -0.05) is 62.2 Å². The topological polar surface area (TPSA) is 33.0 Å². The first kappa shape index (κ1) is 26.3. The number of unbranched alkanes of at least 4 members (excludes halogenated alkanes) is 2. The summed E-state index contributed by atoms with van der Waals surface area (Å²) in [6, 6.07) is 20.6. The van der Waals surface area contributed by atoms with Gasteiger partial charge in [-0.15, -0.1) is 0 Å². The minimum absolute atomic E-state index is 0.00279. The number of ether oxygens (including phenoxy) is 1. The van der Waals surface area contributed by atoms with Crippen molar-refractivity contribution in [2.24, 2.45) is 0 Å². The van der Waals surface area contributed by atoms with Crippen LogP contribution < -0.4 is 4.74 Å². The molecular weight excluding hydrogens is 471 g/mol. The van der Waals surface area contributed by atoms with Crippen LogP contribution in [-0.4, -0.2) is 6.61 Å². The summed E-state index contributed by atoms with van der Waals surface area (Å²) in [7, 11) is 0. The van der Waals surface area contributed by atoms with Gasteiger partial charge >= 0.3 is 0 Å². The van der Waals surface area contributed by atoms with E-state index in [0.717, 1.165) is 35.8 Å². The summed E-state index contributed by atoms with van der Waals surface area (Å²) in [5.74, 6) is -0.554. The molecule has 5 heteroatoms. The Morgan fingerprint density at radius 2 is 1.46 bits per heavy atom. The van der Waals surface area contributed by atoms with Gasteiger partial charge in [0.25, 0.3) is 0 Å². The molecule has 0 spiro atoms. The minimum atomic E-state index is -0.557. The van der Waals surface area contributed by atoms with Crippen LogP contribution in [0.5, 0.6) is 5.75 Å². The van der Waals surface area contributed by atoms with E-state index in [1.54, 1.807) is 30.3 Å². The number of nitrogens with zero attached hydrogens (tertiary/aromatic N) is 1. The second kappa shape index (κ2) is 12.5. The molecule has 0 aromatic heterocycles. The Labute approximate surface area is 216 Å². The molecule has 0 heterocycles. The van der Waals surface area contributed by atoms with Gasteiger partial charge in [-0.05, 0) is 77.9 Å². The van der Waals surface area contributed by atoms with Gasteiger partial charge < -0.3 is 4.74 Å². The van der Waals surface area contributed by atoms with E-state index in [4.69, 9.17) is 10.00 Å². The first-order valence-electron chi connectivity index (χ1n) is 12.8. The van der Waals surface area contributed by atoms with Crippen LogP contribution in [0.25, 0.3) is 10.8 Å². The van der Waals surface area contributed by atoms with Crippen molar-refractivity contribution in [1.29, 1.82) is 5.26 Å². The Kier molecular flexibility index (Phi) is 8.85. The molecule has 4 aromatic rings. The van der Waals surface area contributed by atoms with Crippen molar-refractivity contribution in [3.8, 4) is 11.8 Å². The van der Waals surface area contributed by atoms with Crippen molar-refractivity contribution >= 4 is 10.8 Å². The van der Waals surface area contributed by atoms with Crippen LogP contribution in [0.15, 0.2) is 66.7 Å². The molecule has 0 aliphatic rings. The van der Waals surface area contributed by atoms with Crippen molar-refractivity contribution in [2.45, 2.75) is 51.9 Å². The molecule has 0 unspecified atom stereocenters. The summed E-state index contributed by atoms with van der Waals surface area (Å²) in [6.07, 6.45) is 5.23. The van der Waals surface area contributed by atoms with Crippen LogP contribution in [0, 0.1) is 28.8 Å². The van der Waals surface area contributed by atoms with Gasteiger partial charge in [0.1, 0.15) is 29.3 Å². The SMILES string of the molecule is CCCCCOc1ccc(CCc2ccc3c(F)c(CCc4ccc(C#N)c(F)c4)ccc3c2)c(F)c1. The van der Waals surface area contributed by atoms with Crippen molar-refractivity contribution in [2.75, 3.05) is 6.61 Å². The lowest BCUT2D eigenvalue weighted by molar-refractivity contribution is 0.304. The van der Waals surface area contributed by atoms with Gasteiger partial charge in [0.2, 0.25) is 0 Å². The predicted octanol–water partition coefficient (Wildman–Crippen LogP) is 8.27. The lowest BCUT2D eigenvalue weighted by Crippen LogP contribution is -2.00. The lowest BCUT2D eigenvalue weighted by Gasteiger charge is -2.10. The molecule has 0 bridgehead atoms. The normalized spacial score (nSPS) is 11.0. The van der Waals surface area contributed by atoms with Gasteiger partial charge in [0, 0.05) is 11.5 Å². The van der Waals surface area contributed by atoms with Gasteiger partial charge in [-0.3, -0.25) is 0 Å². The quantitative estimate of drug-likeness (QED) is 0.194. The number of hydrogen-bond acceptors (Lipinski definition) is 2. The highest BCUT2D eigenvalue weighted by atomic mass is 19.1. The Morgan fingerprint density at radius 3 is 2.19 bits per heavy atom. The van der Waals surface area contributed by atoms with Crippen LogP contribution in [0.1, 0.15) is 54.0 Å². The van der Waals surface area contributed by atoms with Crippen LogP contribution in [0.2, 0.25) is 0 Å². The van der Waals surface area contributed by atoms with Crippen LogP contribution in [0.3, 0.4) is 0 Å². The zero-order valence-corrected chi connectivity index (χ0v) is 21.0. The van der Waals surface area contributed by atoms with Gasteiger partial charge in [-0.25, -0.2) is 13.2 Å². The summed E-state index contributed by atoms with van der Waals surface area (Å²) in [6.45, 7) is 2.72. The fourth-order valence-electron chi connectivity index (χ4n) is 4.46. The van der Waals surface area contributed by atoms with Crippen LogP contribution >= 0.6 is 0 Å². The summed E-state index contributed by atoms with van der Waals surface area (Å²) in [5, 5.41) is 10.2. The molecule has 0 atom stereocenters. The second-order valence-corrected chi connectivity index (χ2v) is 9.33. The molecule has 37 heavy (non-hydrogen) atoms. The molecule has 190 valence electrons.